The van der Waals surface area contributed by atoms with Crippen LogP contribution in [0.5, 0.6) is 23.0 Å². The molecule has 0 aliphatic carbocycles. The molecule has 0 unspecified atom stereocenters. The minimum Gasteiger partial charge on any atom is -0.504 e. The number of hydrogen-bond donors (Lipinski definition) is 2. The molecule has 0 fully saturated rings. The number of carbonyl (C=O) groups is 1. The maximum Gasteiger partial charge on any atom is 0.161 e. The van der Waals surface area contributed by atoms with Gasteiger partial charge in [0.2, 0.25) is 0 Å². The van der Waals surface area contributed by atoms with Crippen LogP contribution in [0.1, 0.15) is 25.0 Å². The lowest BCUT2D eigenvalue weighted by molar-refractivity contribution is -0.117. The lowest BCUT2D eigenvalue weighted by Gasteiger charge is -2.09. The highest BCUT2D eigenvalue weighted by Crippen LogP contribution is 2.28. The average molecular weight is 330 g/mol. The molecule has 5 nitrogen and oxygen atoms in total. The first-order chi connectivity index (χ1) is 11.5. The molecule has 5 heteroatoms. The first kappa shape index (κ1) is 17.7. The molecule has 0 aliphatic heterocycles. The van der Waals surface area contributed by atoms with Gasteiger partial charge < -0.3 is 19.7 Å². The SMILES string of the molecule is CCOc1cc(CC(=O)Cc2ccc(O)c(OCC)c2)ccc1O. The van der Waals surface area contributed by atoms with E-state index in [0.717, 1.165) is 11.1 Å². The summed E-state index contributed by atoms with van der Waals surface area (Å²) in [5.74, 6) is 0.911. The molecule has 0 saturated heterocycles. The molecule has 2 aromatic rings. The molecule has 24 heavy (non-hydrogen) atoms. The monoisotopic (exact) mass is 330 g/mol. The molecule has 128 valence electrons. The molecule has 0 aromatic heterocycles. The van der Waals surface area contributed by atoms with Crippen LogP contribution in [-0.2, 0) is 17.6 Å². The molecule has 0 heterocycles. The second kappa shape index (κ2) is 8.24. The van der Waals surface area contributed by atoms with E-state index in [9.17, 15) is 15.0 Å². The van der Waals surface area contributed by atoms with Crippen molar-refractivity contribution in [2.45, 2.75) is 26.7 Å². The van der Waals surface area contributed by atoms with E-state index in [0.29, 0.717) is 24.7 Å². The Hall–Kier alpha value is -2.69. The third kappa shape index (κ3) is 4.65. The zero-order valence-corrected chi connectivity index (χ0v) is 13.9. The molecule has 0 bridgehead atoms. The summed E-state index contributed by atoms with van der Waals surface area (Å²) >= 11 is 0. The van der Waals surface area contributed by atoms with E-state index in [2.05, 4.69) is 0 Å². The maximum atomic E-state index is 12.3. The number of rotatable bonds is 8. The zero-order valence-electron chi connectivity index (χ0n) is 13.9. The molecule has 0 amide bonds. The summed E-state index contributed by atoms with van der Waals surface area (Å²) in [7, 11) is 0. The fraction of sp³-hybridized carbons (Fsp3) is 0.316. The van der Waals surface area contributed by atoms with Crippen LogP contribution in [0.3, 0.4) is 0 Å². The molecule has 2 aromatic carbocycles. The van der Waals surface area contributed by atoms with Gasteiger partial charge in [-0.2, -0.15) is 0 Å². The van der Waals surface area contributed by atoms with Crippen LogP contribution in [0.4, 0.5) is 0 Å². The van der Waals surface area contributed by atoms with E-state index in [1.165, 1.54) is 12.1 Å². The van der Waals surface area contributed by atoms with E-state index in [4.69, 9.17) is 9.47 Å². The van der Waals surface area contributed by atoms with E-state index in [1.54, 1.807) is 24.3 Å². The van der Waals surface area contributed by atoms with Crippen molar-refractivity contribution in [3.63, 3.8) is 0 Å². The van der Waals surface area contributed by atoms with E-state index < -0.39 is 0 Å². The van der Waals surface area contributed by atoms with Gasteiger partial charge in [-0.3, -0.25) is 4.79 Å². The van der Waals surface area contributed by atoms with E-state index >= 15 is 0 Å². The molecule has 0 aliphatic rings. The molecule has 0 radical (unpaired) electrons. The predicted octanol–water partition coefficient (Wildman–Crippen LogP) is 3.25. The van der Waals surface area contributed by atoms with Crippen molar-refractivity contribution in [1.29, 1.82) is 0 Å². The summed E-state index contributed by atoms with van der Waals surface area (Å²) in [6, 6.07) is 9.83. The zero-order chi connectivity index (χ0) is 17.5. The van der Waals surface area contributed by atoms with Crippen molar-refractivity contribution < 1.29 is 24.5 Å². The third-order valence-corrected chi connectivity index (χ3v) is 3.45. The maximum absolute atomic E-state index is 12.3. The standard InChI is InChI=1S/C19H22O5/c1-3-23-18-11-13(5-7-16(18)21)9-15(20)10-14-6-8-17(22)19(12-14)24-4-2/h5-8,11-12,21-22H,3-4,9-10H2,1-2H3. The Kier molecular flexibility index (Phi) is 6.07. The molecular formula is C19H22O5. The van der Waals surface area contributed by atoms with Crippen molar-refractivity contribution >= 4 is 5.78 Å². The Labute approximate surface area is 141 Å². The highest BCUT2D eigenvalue weighted by Gasteiger charge is 2.11. The van der Waals surface area contributed by atoms with Gasteiger partial charge in [-0.15, -0.1) is 0 Å². The van der Waals surface area contributed by atoms with Gasteiger partial charge in [-0.1, -0.05) is 12.1 Å². The minimum atomic E-state index is 0.0243. The van der Waals surface area contributed by atoms with Crippen molar-refractivity contribution in [2.24, 2.45) is 0 Å². The van der Waals surface area contributed by atoms with Gasteiger partial charge in [0, 0.05) is 12.8 Å². The normalized spacial score (nSPS) is 10.4. The first-order valence-corrected chi connectivity index (χ1v) is 7.94. The van der Waals surface area contributed by atoms with Crippen LogP contribution in [0.2, 0.25) is 0 Å². The Morgan fingerprint density at radius 1 is 0.833 bits per heavy atom. The van der Waals surface area contributed by atoms with Crippen LogP contribution < -0.4 is 9.47 Å². The Balaban J connectivity index is 2.05. The summed E-state index contributed by atoms with van der Waals surface area (Å²) in [5.41, 5.74) is 1.56. The van der Waals surface area contributed by atoms with Gasteiger partial charge in [0.15, 0.2) is 23.0 Å². The van der Waals surface area contributed by atoms with Gasteiger partial charge in [-0.05, 0) is 49.2 Å². The number of Topliss-reactive ketones (excluding diaryl/α,β-unsaturated/α-hetero) is 1. The Morgan fingerprint density at radius 3 is 1.62 bits per heavy atom. The number of aromatic hydroxyl groups is 2. The van der Waals surface area contributed by atoms with Crippen molar-refractivity contribution in [1.82, 2.24) is 0 Å². The van der Waals surface area contributed by atoms with Crippen LogP contribution in [0.25, 0.3) is 0 Å². The molecular weight excluding hydrogens is 308 g/mol. The quantitative estimate of drug-likeness (QED) is 0.777. The van der Waals surface area contributed by atoms with Crippen LogP contribution in [0, 0.1) is 0 Å². The lowest BCUT2D eigenvalue weighted by atomic mass is 10.0. The molecule has 0 spiro atoms. The number of carbonyl (C=O) groups excluding carboxylic acids is 1. The second-order valence-electron chi connectivity index (χ2n) is 5.36. The molecule has 0 atom stereocenters. The summed E-state index contributed by atoms with van der Waals surface area (Å²) in [4.78, 5) is 12.3. The molecule has 2 rings (SSSR count). The second-order valence-corrected chi connectivity index (χ2v) is 5.36. The number of ether oxygens (including phenoxy) is 2. The smallest absolute Gasteiger partial charge is 0.161 e. The van der Waals surface area contributed by atoms with Gasteiger partial charge >= 0.3 is 0 Å². The van der Waals surface area contributed by atoms with Crippen LogP contribution >= 0.6 is 0 Å². The number of phenolic OH excluding ortho intramolecular Hbond substituents is 2. The fourth-order valence-electron chi connectivity index (χ4n) is 2.40. The van der Waals surface area contributed by atoms with Gasteiger partial charge in [-0.25, -0.2) is 0 Å². The van der Waals surface area contributed by atoms with Crippen LogP contribution in [-0.4, -0.2) is 29.2 Å². The van der Waals surface area contributed by atoms with E-state index in [1.807, 2.05) is 13.8 Å². The first-order valence-electron chi connectivity index (χ1n) is 7.94. The Morgan fingerprint density at radius 2 is 1.25 bits per heavy atom. The highest BCUT2D eigenvalue weighted by molar-refractivity contribution is 5.83. The van der Waals surface area contributed by atoms with Crippen molar-refractivity contribution in [2.75, 3.05) is 13.2 Å². The van der Waals surface area contributed by atoms with Gasteiger partial charge in [0.05, 0.1) is 13.2 Å². The van der Waals surface area contributed by atoms with Crippen LogP contribution in [0.15, 0.2) is 36.4 Å². The topological polar surface area (TPSA) is 76.0 Å². The summed E-state index contributed by atoms with van der Waals surface area (Å²) < 4.78 is 10.7. The largest absolute Gasteiger partial charge is 0.504 e. The molecule has 2 N–H and O–H groups in total. The highest BCUT2D eigenvalue weighted by atomic mass is 16.5. The Bertz CT molecular complexity index is 649. The number of phenols is 2. The number of benzene rings is 2. The number of ketones is 1. The number of hydrogen-bond acceptors (Lipinski definition) is 5. The summed E-state index contributed by atoms with van der Waals surface area (Å²) in [5, 5.41) is 19.4. The predicted molar refractivity (Wildman–Crippen MR) is 91.0 cm³/mol. The lowest BCUT2D eigenvalue weighted by Crippen LogP contribution is -2.07. The third-order valence-electron chi connectivity index (χ3n) is 3.45. The average Bonchev–Trinajstić information content (AvgIpc) is 2.54. The van der Waals surface area contributed by atoms with Gasteiger partial charge in [0.25, 0.3) is 0 Å². The van der Waals surface area contributed by atoms with Gasteiger partial charge in [0.1, 0.15) is 5.78 Å². The summed E-state index contributed by atoms with van der Waals surface area (Å²) in [6.07, 6.45) is 0.483. The van der Waals surface area contributed by atoms with Crippen molar-refractivity contribution in [3.8, 4) is 23.0 Å². The molecule has 0 saturated carbocycles. The minimum absolute atomic E-state index is 0.0243. The summed E-state index contributed by atoms with van der Waals surface area (Å²) in [6.45, 7) is 4.55. The fourth-order valence-corrected chi connectivity index (χ4v) is 2.40. The van der Waals surface area contributed by atoms with Crippen molar-refractivity contribution in [3.05, 3.63) is 47.5 Å². The van der Waals surface area contributed by atoms with E-state index in [-0.39, 0.29) is 30.1 Å².